The average molecular weight is 582 g/mol. The lowest BCUT2D eigenvalue weighted by Gasteiger charge is -2.24. The molecule has 5 N–H and O–H groups in total. The average Bonchev–Trinajstić information content (AvgIpc) is 2.78. The predicted molar refractivity (Wildman–Crippen MR) is 142 cm³/mol. The molecule has 3 unspecified atom stereocenters. The zero-order valence-electron chi connectivity index (χ0n) is 21.3. The van der Waals surface area contributed by atoms with Crippen molar-refractivity contribution in [1.82, 2.24) is 16.0 Å². The Morgan fingerprint density at radius 1 is 1.00 bits per heavy atom. The van der Waals surface area contributed by atoms with Gasteiger partial charge in [-0.3, -0.25) is 14.4 Å². The number of nitrogens with one attached hydrogen (secondary N) is 3. The summed E-state index contributed by atoms with van der Waals surface area (Å²) in [6, 6.07) is 6.32. The molecule has 0 spiro atoms. The number of nitrogens with two attached hydrogens (primary N) is 1. The van der Waals surface area contributed by atoms with Crippen molar-refractivity contribution in [1.29, 1.82) is 0 Å². The van der Waals surface area contributed by atoms with E-state index >= 15 is 0 Å². The second kappa shape index (κ2) is 15.2. The van der Waals surface area contributed by atoms with E-state index in [2.05, 4.69) is 16.0 Å². The number of carbonyl (C=O) groups is 4. The summed E-state index contributed by atoms with van der Waals surface area (Å²) in [5, 5.41) is 7.85. The Labute approximate surface area is 232 Å². The van der Waals surface area contributed by atoms with Gasteiger partial charge in [0.2, 0.25) is 15.6 Å². The van der Waals surface area contributed by atoms with Gasteiger partial charge in [-0.1, -0.05) is 65.1 Å². The molecule has 1 aromatic rings. The van der Waals surface area contributed by atoms with E-state index in [1.165, 1.54) is 6.92 Å². The van der Waals surface area contributed by atoms with E-state index in [1.54, 1.807) is 20.8 Å². The number of alkyl carbamates (subject to hydrolysis) is 1. The van der Waals surface area contributed by atoms with E-state index in [0.29, 0.717) is 6.42 Å². The molecule has 0 saturated carbocycles. The molecule has 0 heterocycles. The van der Waals surface area contributed by atoms with Crippen LogP contribution in [0.25, 0.3) is 0 Å². The first-order chi connectivity index (χ1) is 17.1. The molecule has 0 aliphatic rings. The van der Waals surface area contributed by atoms with Crippen molar-refractivity contribution < 1.29 is 28.7 Å². The van der Waals surface area contributed by atoms with Gasteiger partial charge in [0.25, 0.3) is 0 Å². The van der Waals surface area contributed by atoms with Crippen molar-refractivity contribution in [2.24, 2.45) is 5.73 Å². The van der Waals surface area contributed by atoms with Gasteiger partial charge >= 0.3 is 12.1 Å². The molecule has 1 aromatic carbocycles. The quantitative estimate of drug-likeness (QED) is 0.168. The van der Waals surface area contributed by atoms with Gasteiger partial charge < -0.3 is 31.2 Å². The molecule has 0 fully saturated rings. The number of ether oxygens (including phenoxy) is 2. The highest BCUT2D eigenvalue weighted by Gasteiger charge is 2.27. The van der Waals surface area contributed by atoms with Crippen LogP contribution in [-0.4, -0.2) is 64.5 Å². The first kappa shape index (κ1) is 32.8. The lowest BCUT2D eigenvalue weighted by atomic mass is 10.0. The maximum atomic E-state index is 12.9. The van der Waals surface area contributed by atoms with Gasteiger partial charge in [0.15, 0.2) is 0 Å². The van der Waals surface area contributed by atoms with Crippen molar-refractivity contribution in [3.8, 4) is 0 Å². The van der Waals surface area contributed by atoms with Crippen LogP contribution in [0.1, 0.15) is 46.1 Å². The van der Waals surface area contributed by atoms with Gasteiger partial charge in [-0.25, -0.2) is 4.79 Å². The van der Waals surface area contributed by atoms with Crippen LogP contribution in [0.15, 0.2) is 30.3 Å². The summed E-state index contributed by atoms with van der Waals surface area (Å²) >= 11 is 16.6. The van der Waals surface area contributed by atoms with Crippen LogP contribution in [0.4, 0.5) is 4.79 Å². The zero-order chi connectivity index (χ0) is 28.2. The van der Waals surface area contributed by atoms with Gasteiger partial charge in [0.05, 0.1) is 0 Å². The Morgan fingerprint density at radius 3 is 2.19 bits per heavy atom. The molecule has 0 saturated heterocycles. The maximum Gasteiger partial charge on any atom is 0.408 e. The van der Waals surface area contributed by atoms with Crippen molar-refractivity contribution in [3.05, 3.63) is 35.9 Å². The van der Waals surface area contributed by atoms with Gasteiger partial charge in [-0.05, 0) is 46.1 Å². The highest BCUT2D eigenvalue weighted by molar-refractivity contribution is 6.67. The first-order valence-corrected chi connectivity index (χ1v) is 12.8. The Hall–Kier alpha value is -2.27. The molecule has 0 aromatic heterocycles. The Balaban J connectivity index is 2.58. The molecule has 208 valence electrons. The number of halogens is 3. The van der Waals surface area contributed by atoms with Crippen molar-refractivity contribution in [3.63, 3.8) is 0 Å². The normalized spacial score (nSPS) is 14.1. The Morgan fingerprint density at radius 2 is 1.62 bits per heavy atom. The molecule has 13 heteroatoms. The fourth-order valence-corrected chi connectivity index (χ4v) is 3.12. The summed E-state index contributed by atoms with van der Waals surface area (Å²) in [4.78, 5) is 49.5. The van der Waals surface area contributed by atoms with Crippen LogP contribution in [0.3, 0.4) is 0 Å². The number of amides is 3. The van der Waals surface area contributed by atoms with E-state index in [4.69, 9.17) is 50.0 Å². The Bertz CT molecular complexity index is 906. The van der Waals surface area contributed by atoms with Gasteiger partial charge in [-0.2, -0.15) is 0 Å². The second-order valence-electron chi connectivity index (χ2n) is 9.38. The third-order valence-corrected chi connectivity index (χ3v) is 5.04. The fraction of sp³-hybridized carbons (Fsp3) is 0.583. The topological polar surface area (TPSA) is 149 Å². The lowest BCUT2D eigenvalue weighted by Crippen LogP contribution is -2.54. The number of alkyl halides is 3. The molecule has 0 aliphatic heterocycles. The number of hydrogen-bond acceptors (Lipinski definition) is 7. The second-order valence-corrected chi connectivity index (χ2v) is 11.9. The molecule has 1 rings (SSSR count). The molecular weight excluding hydrogens is 547 g/mol. The number of benzene rings is 1. The highest BCUT2D eigenvalue weighted by atomic mass is 35.6. The van der Waals surface area contributed by atoms with E-state index in [0.717, 1.165) is 5.56 Å². The summed E-state index contributed by atoms with van der Waals surface area (Å²) in [7, 11) is 0. The molecule has 0 radical (unpaired) electrons. The number of carbonyl (C=O) groups excluding carboxylic acids is 4. The minimum Gasteiger partial charge on any atom is -0.460 e. The Kier molecular flexibility index (Phi) is 13.5. The van der Waals surface area contributed by atoms with E-state index in [-0.39, 0.29) is 19.4 Å². The largest absolute Gasteiger partial charge is 0.460 e. The number of hydrogen-bond donors (Lipinski definition) is 4. The van der Waals surface area contributed by atoms with Crippen LogP contribution < -0.4 is 21.7 Å². The number of rotatable bonds is 12. The van der Waals surface area contributed by atoms with E-state index in [1.807, 2.05) is 30.3 Å². The maximum absolute atomic E-state index is 12.9. The van der Waals surface area contributed by atoms with Crippen LogP contribution >= 0.6 is 34.8 Å². The SMILES string of the molecule is CC(NC(=O)C(Cc1ccccc1)NC(=O)OC(C)(C)C)C(=O)NCCCC(N)C(=O)OCC(Cl)(Cl)Cl. The molecule has 37 heavy (non-hydrogen) atoms. The molecule has 3 atom stereocenters. The first-order valence-electron chi connectivity index (χ1n) is 11.7. The van der Waals surface area contributed by atoms with Crippen LogP contribution in [-0.2, 0) is 30.3 Å². The minimum absolute atomic E-state index is 0.201. The molecular formula is C24H35Cl3N4O6. The van der Waals surface area contributed by atoms with Crippen LogP contribution in [0.2, 0.25) is 0 Å². The molecule has 0 aliphatic carbocycles. The molecule has 3 amide bonds. The predicted octanol–water partition coefficient (Wildman–Crippen LogP) is 2.76. The number of esters is 1. The third-order valence-electron chi connectivity index (χ3n) is 4.71. The zero-order valence-corrected chi connectivity index (χ0v) is 23.6. The molecule has 0 bridgehead atoms. The summed E-state index contributed by atoms with van der Waals surface area (Å²) in [5.74, 6) is -1.72. The van der Waals surface area contributed by atoms with Crippen molar-refractivity contribution >= 4 is 58.7 Å². The standard InChI is InChI=1S/C24H35Cl3N4O6/c1-15(19(32)29-12-8-11-17(28)21(34)36-14-24(25,26)27)30-20(33)18(13-16-9-6-5-7-10-16)31-22(35)37-23(2,3)4/h5-7,9-10,15,17-18H,8,11-14,28H2,1-4H3,(H,29,32)(H,30,33)(H,31,35). The summed E-state index contributed by atoms with van der Waals surface area (Å²) in [6.07, 6.45) is 0.0442. The van der Waals surface area contributed by atoms with Crippen LogP contribution in [0, 0.1) is 0 Å². The van der Waals surface area contributed by atoms with Crippen molar-refractivity contribution in [2.45, 2.75) is 74.5 Å². The minimum atomic E-state index is -1.73. The molecule has 10 nitrogen and oxygen atoms in total. The van der Waals surface area contributed by atoms with Crippen molar-refractivity contribution in [2.75, 3.05) is 13.2 Å². The monoisotopic (exact) mass is 580 g/mol. The van der Waals surface area contributed by atoms with E-state index in [9.17, 15) is 19.2 Å². The van der Waals surface area contributed by atoms with Gasteiger partial charge in [0.1, 0.15) is 30.3 Å². The van der Waals surface area contributed by atoms with E-state index < -0.39 is 58.0 Å². The lowest BCUT2D eigenvalue weighted by molar-refractivity contribution is -0.145. The van der Waals surface area contributed by atoms with Crippen LogP contribution in [0.5, 0.6) is 0 Å². The summed E-state index contributed by atoms with van der Waals surface area (Å²) < 4.78 is 8.35. The summed E-state index contributed by atoms with van der Waals surface area (Å²) in [6.45, 7) is 6.43. The highest BCUT2D eigenvalue weighted by Crippen LogP contribution is 2.26. The smallest absolute Gasteiger partial charge is 0.408 e. The fourth-order valence-electron chi connectivity index (χ4n) is 2.95. The van der Waals surface area contributed by atoms with Gasteiger partial charge in [0, 0.05) is 13.0 Å². The summed E-state index contributed by atoms with van der Waals surface area (Å²) in [5.41, 5.74) is 5.82. The van der Waals surface area contributed by atoms with Gasteiger partial charge in [-0.15, -0.1) is 0 Å². The third kappa shape index (κ3) is 14.9.